The molecule has 0 spiro atoms. The van der Waals surface area contributed by atoms with Crippen molar-refractivity contribution in [3.8, 4) is 0 Å². The van der Waals surface area contributed by atoms with Gasteiger partial charge in [0.05, 0.1) is 26.2 Å². The van der Waals surface area contributed by atoms with Crippen LogP contribution in [0.3, 0.4) is 0 Å². The van der Waals surface area contributed by atoms with E-state index < -0.39 is 50.1 Å². The predicted octanol–water partition coefficient (Wildman–Crippen LogP) is -5.07. The monoisotopic (exact) mass is 377 g/mol. The van der Waals surface area contributed by atoms with Crippen molar-refractivity contribution in [1.29, 1.82) is 0 Å². The van der Waals surface area contributed by atoms with Gasteiger partial charge in [-0.25, -0.2) is 0 Å². The summed E-state index contributed by atoms with van der Waals surface area (Å²) in [6, 6.07) is 0. The molecule has 0 aliphatic heterocycles. The van der Waals surface area contributed by atoms with Crippen LogP contribution in [0.15, 0.2) is 0 Å². The predicted molar refractivity (Wildman–Crippen MR) is 63.4 cm³/mol. The molecule has 114 valence electrons. The summed E-state index contributed by atoms with van der Waals surface area (Å²) >= 11 is 0. The molecule has 0 unspecified atom stereocenters. The van der Waals surface area contributed by atoms with Crippen LogP contribution in [0, 0.1) is 0 Å². The number of carboxylic acid groups (broad SMARTS) is 4. The smallest absolute Gasteiger partial charge is 0.480 e. The minimum absolute atomic E-state index is 0. The summed E-state index contributed by atoms with van der Waals surface area (Å²) in [5.74, 6) is -4.91. The first kappa shape index (κ1) is 22.9. The van der Waals surface area contributed by atoms with Crippen molar-refractivity contribution in [2.45, 2.75) is 0 Å². The summed E-state index contributed by atoms with van der Waals surface area (Å²) < 4.78 is 0. The molecule has 0 radical (unpaired) electrons. The maximum Gasteiger partial charge on any atom is 1.00 e. The zero-order chi connectivity index (χ0) is 15.7. The van der Waals surface area contributed by atoms with Crippen LogP contribution in [0.2, 0.25) is 0 Å². The van der Waals surface area contributed by atoms with E-state index >= 15 is 0 Å². The fourth-order valence-corrected chi connectivity index (χ4v) is 1.48. The molecule has 0 saturated heterocycles. The molecule has 21 heavy (non-hydrogen) atoms. The fraction of sp³-hybridized carbons (Fsp3) is 0.600. The van der Waals surface area contributed by atoms with Gasteiger partial charge in [0.1, 0.15) is 0 Å². The minimum atomic E-state index is -1.23. The van der Waals surface area contributed by atoms with E-state index in [1.54, 1.807) is 0 Å². The molecule has 0 saturated carbocycles. The molecule has 0 heterocycles. The third-order valence-corrected chi connectivity index (χ3v) is 2.17. The van der Waals surface area contributed by atoms with E-state index in [1.165, 1.54) is 0 Å². The molecule has 0 fully saturated rings. The number of hydrogen-bond donors (Lipinski definition) is 4. The van der Waals surface area contributed by atoms with Gasteiger partial charge in [0.25, 0.3) is 0 Å². The van der Waals surface area contributed by atoms with Crippen LogP contribution in [0.5, 0.6) is 0 Å². The molecule has 0 aliphatic carbocycles. The van der Waals surface area contributed by atoms with Gasteiger partial charge in [-0.3, -0.25) is 29.0 Å². The van der Waals surface area contributed by atoms with E-state index in [0.29, 0.717) is 0 Å². The van der Waals surface area contributed by atoms with Gasteiger partial charge in [0.2, 0.25) is 0 Å². The first-order valence-electron chi connectivity index (χ1n) is 5.52. The van der Waals surface area contributed by atoms with E-state index in [0.717, 1.165) is 9.80 Å². The van der Waals surface area contributed by atoms with Crippen LogP contribution in [0.4, 0.5) is 0 Å². The van der Waals surface area contributed by atoms with Crippen molar-refractivity contribution in [2.24, 2.45) is 0 Å². The summed E-state index contributed by atoms with van der Waals surface area (Å²) in [4.78, 5) is 44.4. The summed E-state index contributed by atoms with van der Waals surface area (Å²) in [5.41, 5.74) is 0. The largest absolute Gasteiger partial charge is 1.00 e. The molecular weight excluding hydrogens is 362 g/mol. The average Bonchev–Trinajstić information content (AvgIpc) is 2.22. The first-order chi connectivity index (χ1) is 9.20. The standard InChI is InChI=1S/C10H16N2O8.Rb/c13-7(14)3-11(4-8(15)16)1-2-12(5-9(17)18)6-10(19)20;/h1-6H2,(H,13,14)(H,15,16)(H,17,18)(H,19,20);/q;+1. The van der Waals surface area contributed by atoms with Gasteiger partial charge in [0.15, 0.2) is 0 Å². The number of aliphatic carboxylic acids is 4. The fourth-order valence-electron chi connectivity index (χ4n) is 1.48. The molecule has 0 atom stereocenters. The van der Waals surface area contributed by atoms with Crippen LogP contribution in [0.25, 0.3) is 0 Å². The Hall–Kier alpha value is -0.395. The summed E-state index contributed by atoms with van der Waals surface area (Å²) in [6.07, 6.45) is 0. The van der Waals surface area contributed by atoms with Gasteiger partial charge in [-0.15, -0.1) is 0 Å². The topological polar surface area (TPSA) is 156 Å². The Balaban J connectivity index is 0. The zero-order valence-electron chi connectivity index (χ0n) is 11.6. The maximum absolute atomic E-state index is 10.6. The molecule has 4 N–H and O–H groups in total. The van der Waals surface area contributed by atoms with Gasteiger partial charge < -0.3 is 20.4 Å². The number of carbonyl (C=O) groups is 4. The van der Waals surface area contributed by atoms with E-state index in [1.807, 2.05) is 0 Å². The van der Waals surface area contributed by atoms with Crippen LogP contribution >= 0.6 is 0 Å². The molecule has 0 aromatic heterocycles. The Labute approximate surface area is 169 Å². The van der Waals surface area contributed by atoms with Crippen molar-refractivity contribution in [3.63, 3.8) is 0 Å². The van der Waals surface area contributed by atoms with Gasteiger partial charge in [-0.2, -0.15) is 0 Å². The Morgan fingerprint density at radius 1 is 0.571 bits per heavy atom. The molecule has 0 aromatic rings. The third kappa shape index (κ3) is 14.3. The minimum Gasteiger partial charge on any atom is -0.480 e. The van der Waals surface area contributed by atoms with Gasteiger partial charge in [-0.1, -0.05) is 0 Å². The molecule has 0 aliphatic rings. The number of nitrogens with zero attached hydrogens (tertiary/aromatic N) is 2. The molecule has 10 nitrogen and oxygen atoms in total. The van der Waals surface area contributed by atoms with Crippen molar-refractivity contribution in [2.75, 3.05) is 39.3 Å². The second-order valence-corrected chi connectivity index (χ2v) is 4.00. The second-order valence-electron chi connectivity index (χ2n) is 4.00. The normalized spacial score (nSPS) is 10.2. The van der Waals surface area contributed by atoms with Crippen LogP contribution in [-0.4, -0.2) is 93.4 Å². The average molecular weight is 378 g/mol. The van der Waals surface area contributed by atoms with Crippen LogP contribution in [0.1, 0.15) is 0 Å². The SMILES string of the molecule is O=C(O)CN(CCN(CC(=O)O)CC(=O)O)CC(=O)O.[Rb+]. The Morgan fingerprint density at radius 2 is 0.762 bits per heavy atom. The van der Waals surface area contributed by atoms with E-state index in [2.05, 4.69) is 0 Å². The molecule has 0 rings (SSSR count). The quantitative estimate of drug-likeness (QED) is 0.275. The van der Waals surface area contributed by atoms with Gasteiger partial charge in [0, 0.05) is 13.1 Å². The van der Waals surface area contributed by atoms with Gasteiger partial charge >= 0.3 is 82.1 Å². The number of rotatable bonds is 11. The Kier molecular flexibility index (Phi) is 13.3. The second kappa shape index (κ2) is 12.2. The van der Waals surface area contributed by atoms with Crippen molar-refractivity contribution in [3.05, 3.63) is 0 Å². The van der Waals surface area contributed by atoms with Crippen LogP contribution < -0.4 is 58.2 Å². The summed E-state index contributed by atoms with van der Waals surface area (Å²) in [7, 11) is 0. The molecule has 0 aromatic carbocycles. The van der Waals surface area contributed by atoms with E-state index in [4.69, 9.17) is 20.4 Å². The Morgan fingerprint density at radius 3 is 0.905 bits per heavy atom. The Bertz CT molecular complexity index is 321. The number of carboxylic acids is 4. The summed E-state index contributed by atoms with van der Waals surface area (Å²) in [5, 5.41) is 34.5. The van der Waals surface area contributed by atoms with Crippen molar-refractivity contribution in [1.82, 2.24) is 9.80 Å². The first-order valence-corrected chi connectivity index (χ1v) is 5.52. The summed E-state index contributed by atoms with van der Waals surface area (Å²) in [6.45, 7) is -2.25. The van der Waals surface area contributed by atoms with Gasteiger partial charge in [-0.05, 0) is 0 Å². The third-order valence-electron chi connectivity index (χ3n) is 2.17. The van der Waals surface area contributed by atoms with E-state index in [9.17, 15) is 19.2 Å². The molecular formula is C10H16N2O8Rb+. The van der Waals surface area contributed by atoms with Crippen molar-refractivity contribution < 1.29 is 97.8 Å². The molecule has 0 amide bonds. The number of hydrogen-bond acceptors (Lipinski definition) is 6. The molecule has 11 heteroatoms. The maximum atomic E-state index is 10.6. The van der Waals surface area contributed by atoms with Crippen molar-refractivity contribution >= 4 is 23.9 Å². The zero-order valence-corrected chi connectivity index (χ0v) is 16.5. The van der Waals surface area contributed by atoms with E-state index in [-0.39, 0.29) is 71.3 Å². The van der Waals surface area contributed by atoms with Crippen LogP contribution in [-0.2, 0) is 19.2 Å². The molecule has 0 bridgehead atoms.